The summed E-state index contributed by atoms with van der Waals surface area (Å²) in [7, 11) is 0. The number of thiazole rings is 1. The molecule has 2 N–H and O–H groups in total. The van der Waals surface area contributed by atoms with Gasteiger partial charge in [0.05, 0.1) is 30.3 Å². The molecule has 0 aliphatic rings. The van der Waals surface area contributed by atoms with E-state index in [0.29, 0.717) is 17.8 Å². The maximum Gasteiger partial charge on any atom is 0.309 e. The fourth-order valence-electron chi connectivity index (χ4n) is 1.51. The van der Waals surface area contributed by atoms with Crippen LogP contribution in [0.5, 0.6) is 0 Å². The summed E-state index contributed by atoms with van der Waals surface area (Å²) >= 11 is 1.43. The quantitative estimate of drug-likeness (QED) is 0.872. The summed E-state index contributed by atoms with van der Waals surface area (Å²) in [5.41, 5.74) is 2.09. The molecule has 0 amide bonds. The van der Waals surface area contributed by atoms with E-state index in [1.54, 1.807) is 17.5 Å². The molecule has 1 aromatic carbocycles. The number of aliphatic carboxylic acids is 1. The van der Waals surface area contributed by atoms with Gasteiger partial charge < -0.3 is 10.4 Å². The number of carboxylic acid groups (broad SMARTS) is 1. The third-order valence-corrected chi connectivity index (χ3v) is 3.29. The van der Waals surface area contributed by atoms with Crippen molar-refractivity contribution in [2.24, 2.45) is 0 Å². The Morgan fingerprint density at radius 2 is 2.16 bits per heavy atom. The number of hydrogen-bond acceptors (Lipinski definition) is 5. The van der Waals surface area contributed by atoms with Crippen LogP contribution in [0.4, 0.5) is 5.69 Å². The molecule has 2 aromatic rings. The largest absolute Gasteiger partial charge is 0.481 e. The molecule has 5 nitrogen and oxygen atoms in total. The minimum atomic E-state index is -0.878. The van der Waals surface area contributed by atoms with Gasteiger partial charge in [-0.15, -0.1) is 11.3 Å². The lowest BCUT2D eigenvalue weighted by atomic mass is 10.2. The van der Waals surface area contributed by atoms with Gasteiger partial charge in [0.15, 0.2) is 0 Å². The van der Waals surface area contributed by atoms with Crippen LogP contribution >= 0.6 is 11.3 Å². The third kappa shape index (κ3) is 3.79. The molecule has 0 radical (unpaired) electrons. The van der Waals surface area contributed by atoms with Gasteiger partial charge in [-0.3, -0.25) is 4.79 Å². The average Bonchev–Trinajstić information content (AvgIpc) is 2.84. The zero-order chi connectivity index (χ0) is 13.7. The molecule has 0 saturated carbocycles. The predicted octanol–water partition coefficient (Wildman–Crippen LogP) is 2.25. The summed E-state index contributed by atoms with van der Waals surface area (Å²) in [6.07, 6.45) is -0.0482. The molecule has 0 aliphatic heterocycles. The van der Waals surface area contributed by atoms with Gasteiger partial charge in [0.25, 0.3) is 0 Å². The van der Waals surface area contributed by atoms with Crippen LogP contribution in [0.2, 0.25) is 0 Å². The third-order valence-electron chi connectivity index (χ3n) is 2.39. The van der Waals surface area contributed by atoms with E-state index >= 15 is 0 Å². The lowest BCUT2D eigenvalue weighted by Crippen LogP contribution is -2.02. The molecule has 0 atom stereocenters. The predicted molar refractivity (Wildman–Crippen MR) is 71.9 cm³/mol. The molecule has 2 rings (SSSR count). The van der Waals surface area contributed by atoms with E-state index in [9.17, 15) is 4.79 Å². The second-order valence-electron chi connectivity index (χ2n) is 3.85. The Bertz CT molecular complexity index is 614. The maximum absolute atomic E-state index is 10.5. The molecule has 0 saturated heterocycles. The Morgan fingerprint density at radius 3 is 2.79 bits per heavy atom. The van der Waals surface area contributed by atoms with E-state index in [0.717, 1.165) is 10.7 Å². The van der Waals surface area contributed by atoms with Gasteiger partial charge in [0.1, 0.15) is 5.01 Å². The summed E-state index contributed by atoms with van der Waals surface area (Å²) in [5, 5.41) is 23.1. The summed E-state index contributed by atoms with van der Waals surface area (Å²) in [5.74, 6) is -0.878. The van der Waals surface area contributed by atoms with Crippen molar-refractivity contribution in [2.75, 3.05) is 5.32 Å². The van der Waals surface area contributed by atoms with Crippen LogP contribution in [-0.4, -0.2) is 16.1 Å². The van der Waals surface area contributed by atoms with Crippen molar-refractivity contribution < 1.29 is 9.90 Å². The minimum absolute atomic E-state index is 0.0482. The van der Waals surface area contributed by atoms with Gasteiger partial charge in [-0.25, -0.2) is 4.98 Å². The molecule has 1 aromatic heterocycles. The number of aromatic nitrogens is 1. The SMILES string of the molecule is N#Cc1ccc(NCc2nc(CC(=O)O)cs2)cc1. The van der Waals surface area contributed by atoms with Crippen molar-refractivity contribution in [3.63, 3.8) is 0 Å². The van der Waals surface area contributed by atoms with E-state index in [1.165, 1.54) is 11.3 Å². The molecule has 0 aliphatic carbocycles. The summed E-state index contributed by atoms with van der Waals surface area (Å²) in [6, 6.07) is 9.18. The highest BCUT2D eigenvalue weighted by Gasteiger charge is 2.05. The van der Waals surface area contributed by atoms with E-state index in [-0.39, 0.29) is 6.42 Å². The normalized spacial score (nSPS) is 9.84. The van der Waals surface area contributed by atoms with Crippen molar-refractivity contribution in [3.05, 3.63) is 45.9 Å². The first-order valence-electron chi connectivity index (χ1n) is 5.56. The maximum atomic E-state index is 10.5. The zero-order valence-electron chi connectivity index (χ0n) is 9.96. The number of benzene rings is 1. The van der Waals surface area contributed by atoms with Gasteiger partial charge in [-0.05, 0) is 24.3 Å². The lowest BCUT2D eigenvalue weighted by Gasteiger charge is -2.03. The number of hydrogen-bond donors (Lipinski definition) is 2. The molecule has 1 heterocycles. The van der Waals surface area contributed by atoms with Crippen molar-refractivity contribution in [1.29, 1.82) is 5.26 Å². The number of nitrogens with one attached hydrogen (secondary N) is 1. The van der Waals surface area contributed by atoms with Crippen LogP contribution in [-0.2, 0) is 17.8 Å². The molecule has 0 spiro atoms. The highest BCUT2D eigenvalue weighted by atomic mass is 32.1. The van der Waals surface area contributed by atoms with Gasteiger partial charge in [0, 0.05) is 11.1 Å². The number of anilines is 1. The van der Waals surface area contributed by atoms with Gasteiger partial charge in [-0.2, -0.15) is 5.26 Å². The van der Waals surface area contributed by atoms with Crippen molar-refractivity contribution in [1.82, 2.24) is 4.98 Å². The number of nitrogens with zero attached hydrogens (tertiary/aromatic N) is 2. The van der Waals surface area contributed by atoms with Crippen LogP contribution in [0.3, 0.4) is 0 Å². The highest BCUT2D eigenvalue weighted by molar-refractivity contribution is 7.09. The number of rotatable bonds is 5. The Kier molecular flexibility index (Phi) is 4.11. The molecule has 0 unspecified atom stereocenters. The van der Waals surface area contributed by atoms with E-state index in [4.69, 9.17) is 10.4 Å². The fraction of sp³-hybridized carbons (Fsp3) is 0.154. The molecule has 19 heavy (non-hydrogen) atoms. The van der Waals surface area contributed by atoms with Crippen molar-refractivity contribution >= 4 is 23.0 Å². The van der Waals surface area contributed by atoms with E-state index < -0.39 is 5.97 Å². The second kappa shape index (κ2) is 5.98. The van der Waals surface area contributed by atoms with Crippen LogP contribution in [0, 0.1) is 11.3 Å². The molecule has 0 fully saturated rings. The smallest absolute Gasteiger partial charge is 0.309 e. The molecular formula is C13H11N3O2S. The van der Waals surface area contributed by atoms with Crippen molar-refractivity contribution in [3.8, 4) is 6.07 Å². The van der Waals surface area contributed by atoms with E-state index in [2.05, 4.69) is 16.4 Å². The van der Waals surface area contributed by atoms with Crippen molar-refractivity contribution in [2.45, 2.75) is 13.0 Å². The monoisotopic (exact) mass is 273 g/mol. The van der Waals surface area contributed by atoms with E-state index in [1.807, 2.05) is 12.1 Å². The summed E-state index contributed by atoms with van der Waals surface area (Å²) in [6.45, 7) is 0.538. The van der Waals surface area contributed by atoms with Gasteiger partial charge in [0.2, 0.25) is 0 Å². The number of carbonyl (C=O) groups is 1. The topological polar surface area (TPSA) is 86.0 Å². The highest BCUT2D eigenvalue weighted by Crippen LogP contribution is 2.14. The Balaban J connectivity index is 1.92. The molecular weight excluding hydrogens is 262 g/mol. The fourth-order valence-corrected chi connectivity index (χ4v) is 2.24. The molecule has 96 valence electrons. The standard InChI is InChI=1S/C13H11N3O2S/c14-6-9-1-3-10(4-2-9)15-7-12-16-11(8-19-12)5-13(17)18/h1-4,8,15H,5,7H2,(H,17,18). The van der Waals surface area contributed by atoms with Gasteiger partial charge in [-0.1, -0.05) is 0 Å². The number of nitriles is 1. The first-order chi connectivity index (χ1) is 9.17. The Hall–Kier alpha value is -2.39. The van der Waals surface area contributed by atoms with Gasteiger partial charge >= 0.3 is 5.97 Å². The summed E-state index contributed by atoms with van der Waals surface area (Å²) in [4.78, 5) is 14.8. The van der Waals surface area contributed by atoms with Crippen LogP contribution in [0.1, 0.15) is 16.3 Å². The van der Waals surface area contributed by atoms with Crippen LogP contribution in [0.15, 0.2) is 29.6 Å². The van der Waals surface area contributed by atoms with Crippen LogP contribution in [0.25, 0.3) is 0 Å². The first-order valence-corrected chi connectivity index (χ1v) is 6.44. The average molecular weight is 273 g/mol. The first kappa shape index (κ1) is 13.1. The Labute approximate surface area is 114 Å². The number of carboxylic acids is 1. The zero-order valence-corrected chi connectivity index (χ0v) is 10.8. The Morgan fingerprint density at radius 1 is 1.42 bits per heavy atom. The summed E-state index contributed by atoms with van der Waals surface area (Å²) < 4.78 is 0. The second-order valence-corrected chi connectivity index (χ2v) is 4.79. The molecule has 6 heteroatoms. The lowest BCUT2D eigenvalue weighted by molar-refractivity contribution is -0.136. The van der Waals surface area contributed by atoms with Crippen LogP contribution < -0.4 is 5.32 Å². The minimum Gasteiger partial charge on any atom is -0.481 e. The molecule has 0 bridgehead atoms.